The van der Waals surface area contributed by atoms with E-state index in [0.717, 1.165) is 32.6 Å². The lowest BCUT2D eigenvalue weighted by Gasteiger charge is -2.03. The highest BCUT2D eigenvalue weighted by Crippen LogP contribution is 2.28. The molecule has 102 valence electrons. The van der Waals surface area contributed by atoms with Crippen LogP contribution in [0.3, 0.4) is 0 Å². The number of aryl methyl sites for hydroxylation is 1. The fourth-order valence-electron chi connectivity index (χ4n) is 2.20. The molecule has 0 bridgehead atoms. The summed E-state index contributed by atoms with van der Waals surface area (Å²) in [6.07, 6.45) is 1.93. The molecule has 0 saturated carbocycles. The second kappa shape index (κ2) is 5.20. The Morgan fingerprint density at radius 3 is 2.65 bits per heavy atom. The van der Waals surface area contributed by atoms with Gasteiger partial charge in [-0.25, -0.2) is 4.98 Å². The van der Waals surface area contributed by atoms with Gasteiger partial charge in [0.1, 0.15) is 5.65 Å². The van der Waals surface area contributed by atoms with Crippen LogP contribution in [-0.2, 0) is 6.61 Å². The SMILES string of the molecule is Cc1cc2nc(-c3ccc(Cl)cc3)c(CO)n2cc1Br. The van der Waals surface area contributed by atoms with Crippen LogP contribution in [0, 0.1) is 6.92 Å². The van der Waals surface area contributed by atoms with Gasteiger partial charge in [0.15, 0.2) is 0 Å². The summed E-state index contributed by atoms with van der Waals surface area (Å²) in [5, 5.41) is 10.4. The molecule has 0 aliphatic rings. The summed E-state index contributed by atoms with van der Waals surface area (Å²) in [6.45, 7) is 1.94. The van der Waals surface area contributed by atoms with Gasteiger partial charge < -0.3 is 5.11 Å². The Morgan fingerprint density at radius 2 is 2.00 bits per heavy atom. The quantitative estimate of drug-likeness (QED) is 0.750. The molecular weight excluding hydrogens is 340 g/mol. The number of nitrogens with zero attached hydrogens (tertiary/aromatic N) is 2. The predicted octanol–water partition coefficient (Wildman–Crippen LogP) is 4.22. The Kier molecular flexibility index (Phi) is 3.54. The Labute approximate surface area is 130 Å². The molecule has 3 nitrogen and oxygen atoms in total. The lowest BCUT2D eigenvalue weighted by molar-refractivity contribution is 0.276. The first kappa shape index (κ1) is 13.6. The summed E-state index contributed by atoms with van der Waals surface area (Å²) >= 11 is 9.42. The van der Waals surface area contributed by atoms with Gasteiger partial charge in [-0.15, -0.1) is 0 Å². The van der Waals surface area contributed by atoms with Gasteiger partial charge in [-0.1, -0.05) is 23.7 Å². The van der Waals surface area contributed by atoms with E-state index in [1.54, 1.807) is 0 Å². The van der Waals surface area contributed by atoms with Crippen LogP contribution in [0.2, 0.25) is 5.02 Å². The highest BCUT2D eigenvalue weighted by Gasteiger charge is 2.14. The molecule has 20 heavy (non-hydrogen) atoms. The molecule has 0 spiro atoms. The number of halogens is 2. The number of pyridine rings is 1. The molecule has 0 aliphatic heterocycles. The number of hydrogen-bond acceptors (Lipinski definition) is 2. The first-order chi connectivity index (χ1) is 9.60. The summed E-state index contributed by atoms with van der Waals surface area (Å²) in [6, 6.07) is 9.45. The van der Waals surface area contributed by atoms with Crippen molar-refractivity contribution in [1.29, 1.82) is 0 Å². The Morgan fingerprint density at radius 1 is 1.30 bits per heavy atom. The van der Waals surface area contributed by atoms with Gasteiger partial charge in [-0.05, 0) is 46.6 Å². The number of aliphatic hydroxyl groups excluding tert-OH is 1. The lowest BCUT2D eigenvalue weighted by Crippen LogP contribution is -1.95. The Hall–Kier alpha value is -1.36. The van der Waals surface area contributed by atoms with E-state index in [2.05, 4.69) is 20.9 Å². The average molecular weight is 352 g/mol. The number of hydrogen-bond donors (Lipinski definition) is 1. The van der Waals surface area contributed by atoms with Crippen LogP contribution in [0.15, 0.2) is 41.0 Å². The maximum absolute atomic E-state index is 9.68. The lowest BCUT2D eigenvalue weighted by atomic mass is 10.1. The summed E-state index contributed by atoms with van der Waals surface area (Å²) < 4.78 is 2.89. The number of aromatic nitrogens is 2. The van der Waals surface area contributed by atoms with E-state index in [4.69, 9.17) is 11.6 Å². The first-order valence-electron chi connectivity index (χ1n) is 6.14. The third-order valence-corrected chi connectivity index (χ3v) is 4.35. The normalized spacial score (nSPS) is 11.2. The molecule has 0 atom stereocenters. The highest BCUT2D eigenvalue weighted by atomic mass is 79.9. The van der Waals surface area contributed by atoms with Crippen LogP contribution in [0.1, 0.15) is 11.3 Å². The van der Waals surface area contributed by atoms with E-state index >= 15 is 0 Å². The molecule has 2 aromatic heterocycles. The summed E-state index contributed by atoms with van der Waals surface area (Å²) in [7, 11) is 0. The molecule has 0 saturated heterocycles. The summed E-state index contributed by atoms with van der Waals surface area (Å²) in [5.74, 6) is 0. The second-order valence-corrected chi connectivity index (χ2v) is 5.90. The van der Waals surface area contributed by atoms with Crippen LogP contribution >= 0.6 is 27.5 Å². The average Bonchev–Trinajstić information content (AvgIpc) is 2.78. The van der Waals surface area contributed by atoms with Gasteiger partial charge in [0.25, 0.3) is 0 Å². The molecule has 3 aromatic rings. The zero-order valence-electron chi connectivity index (χ0n) is 10.8. The molecule has 0 radical (unpaired) electrons. The molecule has 0 fully saturated rings. The molecule has 0 amide bonds. The Balaban J connectivity index is 2.27. The van der Waals surface area contributed by atoms with Crippen molar-refractivity contribution in [1.82, 2.24) is 9.38 Å². The van der Waals surface area contributed by atoms with Crippen molar-refractivity contribution in [2.45, 2.75) is 13.5 Å². The van der Waals surface area contributed by atoms with E-state index in [-0.39, 0.29) is 6.61 Å². The van der Waals surface area contributed by atoms with Crippen molar-refractivity contribution in [3.05, 3.63) is 57.3 Å². The van der Waals surface area contributed by atoms with Crippen molar-refractivity contribution in [2.24, 2.45) is 0 Å². The minimum Gasteiger partial charge on any atom is -0.390 e. The van der Waals surface area contributed by atoms with E-state index in [1.165, 1.54) is 0 Å². The fraction of sp³-hybridized carbons (Fsp3) is 0.133. The van der Waals surface area contributed by atoms with Gasteiger partial charge >= 0.3 is 0 Å². The second-order valence-electron chi connectivity index (χ2n) is 4.60. The van der Waals surface area contributed by atoms with Gasteiger partial charge in [0.05, 0.1) is 18.0 Å². The van der Waals surface area contributed by atoms with Crippen LogP contribution in [0.4, 0.5) is 0 Å². The zero-order chi connectivity index (χ0) is 14.3. The smallest absolute Gasteiger partial charge is 0.138 e. The number of fused-ring (bicyclic) bond motifs is 1. The zero-order valence-corrected chi connectivity index (χ0v) is 13.1. The standard InChI is InChI=1S/C15H12BrClN2O/c1-9-6-14-18-15(10-2-4-11(17)5-3-10)13(8-20)19(14)7-12(9)16/h2-7,20H,8H2,1H3. The first-order valence-corrected chi connectivity index (χ1v) is 7.31. The predicted molar refractivity (Wildman–Crippen MR) is 84.0 cm³/mol. The number of benzene rings is 1. The Bertz CT molecular complexity index is 781. The van der Waals surface area contributed by atoms with Crippen molar-refractivity contribution < 1.29 is 5.11 Å². The van der Waals surface area contributed by atoms with E-state index in [0.29, 0.717) is 5.02 Å². The van der Waals surface area contributed by atoms with Crippen molar-refractivity contribution >= 4 is 33.2 Å². The molecule has 2 heterocycles. The summed E-state index contributed by atoms with van der Waals surface area (Å²) in [5.41, 5.74) is 4.41. The van der Waals surface area contributed by atoms with Crippen LogP contribution < -0.4 is 0 Å². The van der Waals surface area contributed by atoms with Crippen LogP contribution in [0.5, 0.6) is 0 Å². The number of rotatable bonds is 2. The highest BCUT2D eigenvalue weighted by molar-refractivity contribution is 9.10. The van der Waals surface area contributed by atoms with Gasteiger partial charge in [0, 0.05) is 21.3 Å². The molecule has 1 N–H and O–H groups in total. The molecule has 1 aromatic carbocycles. The van der Waals surface area contributed by atoms with Crippen molar-refractivity contribution in [3.8, 4) is 11.3 Å². The largest absolute Gasteiger partial charge is 0.390 e. The van der Waals surface area contributed by atoms with Gasteiger partial charge in [-0.2, -0.15) is 0 Å². The number of imidazole rings is 1. The van der Waals surface area contributed by atoms with E-state index in [9.17, 15) is 5.11 Å². The van der Waals surface area contributed by atoms with Gasteiger partial charge in [0.2, 0.25) is 0 Å². The fourth-order valence-corrected chi connectivity index (χ4v) is 2.64. The van der Waals surface area contributed by atoms with Gasteiger partial charge in [-0.3, -0.25) is 4.40 Å². The molecular formula is C15H12BrClN2O. The summed E-state index contributed by atoms with van der Waals surface area (Å²) in [4.78, 5) is 4.62. The molecule has 0 unspecified atom stereocenters. The van der Waals surface area contributed by atoms with E-state index < -0.39 is 0 Å². The minimum atomic E-state index is -0.0748. The number of aliphatic hydroxyl groups is 1. The van der Waals surface area contributed by atoms with Crippen molar-refractivity contribution in [2.75, 3.05) is 0 Å². The van der Waals surface area contributed by atoms with Crippen molar-refractivity contribution in [3.63, 3.8) is 0 Å². The minimum absolute atomic E-state index is 0.0748. The third kappa shape index (κ3) is 2.24. The maximum Gasteiger partial charge on any atom is 0.138 e. The third-order valence-electron chi connectivity index (χ3n) is 3.27. The maximum atomic E-state index is 9.68. The van der Waals surface area contributed by atoms with Crippen LogP contribution in [-0.4, -0.2) is 14.5 Å². The monoisotopic (exact) mass is 350 g/mol. The van der Waals surface area contributed by atoms with E-state index in [1.807, 2.05) is 47.9 Å². The molecule has 0 aliphatic carbocycles. The van der Waals surface area contributed by atoms with Crippen LogP contribution in [0.25, 0.3) is 16.9 Å². The topological polar surface area (TPSA) is 37.5 Å². The molecule has 5 heteroatoms. The molecule has 3 rings (SSSR count).